The highest BCUT2D eigenvalue weighted by Crippen LogP contribution is 2.45. The largest absolute Gasteiger partial charge is 0.310 e. The molecule has 0 aliphatic rings. The van der Waals surface area contributed by atoms with Crippen molar-refractivity contribution >= 4 is 124 Å². The Morgan fingerprint density at radius 2 is 1.02 bits per heavy atom. The van der Waals surface area contributed by atoms with E-state index in [1.165, 1.54) is 57.2 Å². The van der Waals surface area contributed by atoms with Crippen molar-refractivity contribution in [3.8, 4) is 17.2 Å². The van der Waals surface area contributed by atoms with Gasteiger partial charge in [0.05, 0.1) is 16.7 Å². The predicted octanol–water partition coefficient (Wildman–Crippen LogP) is 15.8. The van der Waals surface area contributed by atoms with E-state index >= 15 is 0 Å². The van der Waals surface area contributed by atoms with Gasteiger partial charge in [-0.15, -0.1) is 22.7 Å². The highest BCUT2D eigenvalue weighted by molar-refractivity contribution is 7.26. The van der Waals surface area contributed by atoms with Gasteiger partial charge in [0.15, 0.2) is 0 Å². The summed E-state index contributed by atoms with van der Waals surface area (Å²) in [4.78, 5) is 14.4. The normalized spacial score (nSPS) is 12.0. The third kappa shape index (κ3) is 5.02. The molecule has 13 rings (SSSR count). The summed E-state index contributed by atoms with van der Waals surface area (Å²) in [7, 11) is 0. The van der Waals surface area contributed by atoms with Gasteiger partial charge >= 0.3 is 0 Å². The lowest BCUT2D eigenvalue weighted by molar-refractivity contribution is 1.02. The number of rotatable bonds is 5. The number of hydrogen-bond donors (Lipinski definition) is 0. The number of nitrogens with zero attached hydrogens (tertiary/aromatic N) is 4. The number of anilines is 3. The van der Waals surface area contributed by atoms with Crippen LogP contribution in [0.5, 0.6) is 0 Å². The summed E-state index contributed by atoms with van der Waals surface area (Å²) in [6.45, 7) is 0. The maximum Gasteiger partial charge on any atom is 0.236 e. The van der Waals surface area contributed by atoms with Crippen LogP contribution < -0.4 is 4.90 Å². The summed E-state index contributed by atoms with van der Waals surface area (Å²) < 4.78 is 6.04. The minimum absolute atomic E-state index is 0.664. The van der Waals surface area contributed by atoms with Crippen LogP contribution in [0.3, 0.4) is 0 Å². The Morgan fingerprint density at radius 1 is 0.383 bits per heavy atom. The fourth-order valence-electron chi connectivity index (χ4n) is 9.35. The molecule has 0 radical (unpaired) electrons. The van der Waals surface area contributed by atoms with Crippen LogP contribution in [0.25, 0.3) is 101 Å². The minimum Gasteiger partial charge on any atom is -0.310 e. The van der Waals surface area contributed by atoms with E-state index in [1.807, 2.05) is 11.3 Å². The number of aromatic nitrogens is 3. The Kier molecular flexibility index (Phi) is 7.31. The van der Waals surface area contributed by atoms with Gasteiger partial charge in [-0.1, -0.05) is 127 Å². The predicted molar refractivity (Wildman–Crippen MR) is 257 cm³/mol. The van der Waals surface area contributed by atoms with E-state index in [4.69, 9.17) is 9.97 Å². The lowest BCUT2D eigenvalue weighted by Gasteiger charge is -2.25. The summed E-state index contributed by atoms with van der Waals surface area (Å²) in [6.07, 6.45) is 0. The number of thiophene rings is 2. The number of hydrogen-bond acceptors (Lipinski definition) is 5. The highest BCUT2D eigenvalue weighted by Gasteiger charge is 2.23. The van der Waals surface area contributed by atoms with Crippen molar-refractivity contribution in [1.29, 1.82) is 0 Å². The van der Waals surface area contributed by atoms with Gasteiger partial charge in [-0.3, -0.25) is 4.57 Å². The molecule has 4 aromatic heterocycles. The first kappa shape index (κ1) is 33.6. The molecule has 0 spiro atoms. The van der Waals surface area contributed by atoms with E-state index in [-0.39, 0.29) is 0 Å². The number of benzene rings is 9. The Balaban J connectivity index is 1.09. The summed E-state index contributed by atoms with van der Waals surface area (Å²) in [5.41, 5.74) is 7.45. The van der Waals surface area contributed by atoms with Crippen molar-refractivity contribution < 1.29 is 0 Å². The SMILES string of the molecule is c1ccc(N(c2ccccc2)c2ccc3c(c2)c2c4ccccc4ccc2n3-c2nc(-c3ccc4c(c3)sc3ccc5ccccc5c34)c3c(n2)sc2ccccc23)cc1. The van der Waals surface area contributed by atoms with E-state index in [9.17, 15) is 0 Å². The standard InChI is InChI=1S/C54H32N4S2/c1-3-15-36(16-4-1)57(37-17-5-2-6-18-37)38-26-29-44-43(32-38)49-39-19-9-7-13-33(39)24-28-45(49)58(44)54-55-52(51-41-21-11-12-22-46(41)60-53(51)56-54)35-23-27-42-48(31-35)59-47-30-25-34-14-8-10-20-40(34)50(42)47/h1-32H. The molecular formula is C54H32N4S2. The Hall–Kier alpha value is -7.38. The lowest BCUT2D eigenvalue weighted by atomic mass is 10.0. The van der Waals surface area contributed by atoms with Gasteiger partial charge in [-0.05, 0) is 88.3 Å². The van der Waals surface area contributed by atoms with Gasteiger partial charge in [0.2, 0.25) is 5.95 Å². The van der Waals surface area contributed by atoms with Gasteiger partial charge in [-0.2, -0.15) is 0 Å². The van der Waals surface area contributed by atoms with Crippen LogP contribution in [0, 0.1) is 0 Å². The van der Waals surface area contributed by atoms with E-state index in [2.05, 4.69) is 204 Å². The van der Waals surface area contributed by atoms with E-state index in [0.717, 1.165) is 55.0 Å². The molecule has 0 aliphatic heterocycles. The smallest absolute Gasteiger partial charge is 0.236 e. The molecule has 0 atom stereocenters. The van der Waals surface area contributed by atoms with Crippen LogP contribution in [0.2, 0.25) is 0 Å². The van der Waals surface area contributed by atoms with E-state index < -0.39 is 0 Å². The molecule has 4 heterocycles. The molecule has 0 fully saturated rings. The lowest BCUT2D eigenvalue weighted by Crippen LogP contribution is -2.09. The van der Waals surface area contributed by atoms with E-state index in [1.54, 1.807) is 11.3 Å². The van der Waals surface area contributed by atoms with Crippen molar-refractivity contribution in [2.24, 2.45) is 0 Å². The molecule has 0 N–H and O–H groups in total. The van der Waals surface area contributed by atoms with Crippen LogP contribution in [-0.4, -0.2) is 14.5 Å². The van der Waals surface area contributed by atoms with Gasteiger partial charge in [0.1, 0.15) is 4.83 Å². The first-order valence-corrected chi connectivity index (χ1v) is 21.8. The zero-order valence-electron chi connectivity index (χ0n) is 32.1. The van der Waals surface area contributed by atoms with E-state index in [0.29, 0.717) is 5.95 Å². The molecule has 6 heteroatoms. The molecule has 60 heavy (non-hydrogen) atoms. The molecule has 9 aromatic carbocycles. The van der Waals surface area contributed by atoms with Crippen molar-refractivity contribution in [3.63, 3.8) is 0 Å². The molecule has 0 saturated heterocycles. The van der Waals surface area contributed by atoms with Gasteiger partial charge in [0.25, 0.3) is 0 Å². The maximum absolute atomic E-state index is 5.63. The average Bonchev–Trinajstić information content (AvgIpc) is 3.99. The van der Waals surface area contributed by atoms with Crippen LogP contribution >= 0.6 is 22.7 Å². The molecule has 0 saturated carbocycles. The highest BCUT2D eigenvalue weighted by atomic mass is 32.1. The minimum atomic E-state index is 0.664. The average molecular weight is 801 g/mol. The summed E-state index contributed by atoms with van der Waals surface area (Å²) in [6, 6.07) is 70.0. The van der Waals surface area contributed by atoms with Crippen LogP contribution in [0.1, 0.15) is 0 Å². The van der Waals surface area contributed by atoms with Crippen LogP contribution in [0.4, 0.5) is 17.1 Å². The quantitative estimate of drug-likeness (QED) is 0.174. The topological polar surface area (TPSA) is 34.0 Å². The summed E-state index contributed by atoms with van der Waals surface area (Å²) in [5.74, 6) is 0.664. The van der Waals surface area contributed by atoms with Gasteiger partial charge < -0.3 is 4.90 Å². The van der Waals surface area contributed by atoms with Crippen LogP contribution in [0.15, 0.2) is 194 Å². The fraction of sp³-hybridized carbons (Fsp3) is 0. The van der Waals surface area contributed by atoms with Gasteiger partial charge in [-0.25, -0.2) is 9.97 Å². The molecule has 0 unspecified atom stereocenters. The summed E-state index contributed by atoms with van der Waals surface area (Å²) >= 11 is 3.59. The third-order valence-electron chi connectivity index (χ3n) is 12.0. The Morgan fingerprint density at radius 3 is 1.78 bits per heavy atom. The second-order valence-corrected chi connectivity index (χ2v) is 17.5. The molecule has 0 aliphatic carbocycles. The molecule has 0 bridgehead atoms. The fourth-order valence-corrected chi connectivity index (χ4v) is 11.6. The maximum atomic E-state index is 5.63. The van der Waals surface area contributed by atoms with Crippen LogP contribution in [-0.2, 0) is 0 Å². The van der Waals surface area contributed by atoms with Gasteiger partial charge in [0, 0.05) is 69.0 Å². The molecule has 280 valence electrons. The molecular weight excluding hydrogens is 769 g/mol. The second kappa shape index (κ2) is 13.1. The first-order chi connectivity index (χ1) is 29.7. The number of fused-ring (bicyclic) bond motifs is 13. The third-order valence-corrected chi connectivity index (χ3v) is 14.2. The van der Waals surface area contributed by atoms with Crippen molar-refractivity contribution in [1.82, 2.24) is 14.5 Å². The van der Waals surface area contributed by atoms with Crippen molar-refractivity contribution in [2.75, 3.05) is 4.90 Å². The van der Waals surface area contributed by atoms with Crippen molar-refractivity contribution in [3.05, 3.63) is 194 Å². The second-order valence-electron chi connectivity index (χ2n) is 15.3. The summed E-state index contributed by atoms with van der Waals surface area (Å²) in [5, 5.41) is 12.2. The molecule has 0 amide bonds. The zero-order valence-corrected chi connectivity index (χ0v) is 33.7. The van der Waals surface area contributed by atoms with Crippen molar-refractivity contribution in [2.45, 2.75) is 0 Å². The monoisotopic (exact) mass is 800 g/mol. The molecule has 4 nitrogen and oxygen atoms in total. The molecule has 13 aromatic rings. The first-order valence-electron chi connectivity index (χ1n) is 20.2. The zero-order chi connectivity index (χ0) is 39.3. The Labute approximate surface area is 352 Å². The Bertz CT molecular complexity index is 3810. The number of para-hydroxylation sites is 2.